The summed E-state index contributed by atoms with van der Waals surface area (Å²) < 4.78 is 0. The first-order valence-electron chi connectivity index (χ1n) is 8.34. The highest BCUT2D eigenvalue weighted by molar-refractivity contribution is 6.34. The number of hydrogen-bond acceptors (Lipinski definition) is 5. The number of halogens is 1. The summed E-state index contributed by atoms with van der Waals surface area (Å²) in [6, 6.07) is 13.1. The van der Waals surface area contributed by atoms with Crippen LogP contribution in [0, 0.1) is 21.4 Å². The van der Waals surface area contributed by atoms with E-state index in [1.54, 1.807) is 6.07 Å². The van der Waals surface area contributed by atoms with Crippen LogP contribution in [0.5, 0.6) is 0 Å². The molecule has 0 aliphatic rings. The van der Waals surface area contributed by atoms with Gasteiger partial charge in [0.15, 0.2) is 0 Å². The Bertz CT molecular complexity index is 970. The van der Waals surface area contributed by atoms with E-state index in [2.05, 4.69) is 31.4 Å². The van der Waals surface area contributed by atoms with E-state index in [0.717, 1.165) is 11.6 Å². The maximum atomic E-state index is 12.3. The lowest BCUT2D eigenvalue weighted by molar-refractivity contribution is -0.384. The average Bonchev–Trinajstić information content (AvgIpc) is 2.63. The van der Waals surface area contributed by atoms with Gasteiger partial charge in [0.25, 0.3) is 11.6 Å². The molecule has 0 unspecified atom stereocenters. The molecular weight excluding hydrogens is 380 g/mol. The van der Waals surface area contributed by atoms with Gasteiger partial charge in [-0.1, -0.05) is 44.5 Å². The summed E-state index contributed by atoms with van der Waals surface area (Å²) in [7, 11) is 0. The number of anilines is 2. The van der Waals surface area contributed by atoms with Crippen LogP contribution in [0.2, 0.25) is 5.02 Å². The van der Waals surface area contributed by atoms with E-state index in [9.17, 15) is 20.2 Å². The number of hydrogen-bond donors (Lipinski definition) is 2. The fourth-order valence-corrected chi connectivity index (χ4v) is 2.45. The molecule has 0 bridgehead atoms. The van der Waals surface area contributed by atoms with Gasteiger partial charge in [-0.25, -0.2) is 0 Å². The summed E-state index contributed by atoms with van der Waals surface area (Å²) in [6.07, 6.45) is 1.27. The van der Waals surface area contributed by atoms with Gasteiger partial charge in [0.1, 0.15) is 11.6 Å². The van der Waals surface area contributed by atoms with E-state index in [1.165, 1.54) is 18.3 Å². The highest BCUT2D eigenvalue weighted by Crippen LogP contribution is 2.27. The predicted octanol–water partition coefficient (Wildman–Crippen LogP) is 5.00. The Morgan fingerprint density at radius 3 is 2.39 bits per heavy atom. The molecule has 2 rings (SSSR count). The zero-order valence-corrected chi connectivity index (χ0v) is 16.4. The minimum atomic E-state index is -0.733. The number of rotatable bonds is 5. The molecule has 7 nitrogen and oxygen atoms in total. The quantitative estimate of drug-likeness (QED) is 0.318. The van der Waals surface area contributed by atoms with Crippen LogP contribution >= 0.6 is 11.6 Å². The Morgan fingerprint density at radius 2 is 1.86 bits per heavy atom. The number of nitro groups is 1. The second kappa shape index (κ2) is 8.55. The van der Waals surface area contributed by atoms with Gasteiger partial charge >= 0.3 is 0 Å². The Morgan fingerprint density at radius 1 is 1.21 bits per heavy atom. The molecule has 2 aromatic carbocycles. The van der Waals surface area contributed by atoms with Crippen molar-refractivity contribution in [1.82, 2.24) is 0 Å². The zero-order valence-electron chi connectivity index (χ0n) is 15.6. The van der Waals surface area contributed by atoms with Crippen molar-refractivity contribution < 1.29 is 9.72 Å². The third kappa shape index (κ3) is 5.32. The summed E-state index contributed by atoms with van der Waals surface area (Å²) in [5.74, 6) is -0.733. The second-order valence-corrected chi connectivity index (χ2v) is 7.42. The van der Waals surface area contributed by atoms with E-state index in [1.807, 2.05) is 24.3 Å². The molecule has 1 amide bonds. The first-order chi connectivity index (χ1) is 13.1. The number of nitrogens with zero attached hydrogens (tertiary/aromatic N) is 2. The predicted molar refractivity (Wildman–Crippen MR) is 109 cm³/mol. The van der Waals surface area contributed by atoms with Gasteiger partial charge < -0.3 is 10.6 Å². The first kappa shape index (κ1) is 20.9. The molecule has 2 aromatic rings. The molecule has 0 aromatic heterocycles. The Balaban J connectivity index is 2.14. The molecule has 28 heavy (non-hydrogen) atoms. The van der Waals surface area contributed by atoms with Crippen LogP contribution in [0.3, 0.4) is 0 Å². The number of non-ortho nitro benzene ring substituents is 1. The molecule has 0 aliphatic heterocycles. The third-order valence-corrected chi connectivity index (χ3v) is 4.24. The smallest absolute Gasteiger partial charge is 0.271 e. The van der Waals surface area contributed by atoms with Gasteiger partial charge in [0, 0.05) is 24.0 Å². The molecule has 2 N–H and O–H groups in total. The molecule has 0 heterocycles. The van der Waals surface area contributed by atoms with Gasteiger partial charge in [-0.05, 0) is 29.2 Å². The normalized spacial score (nSPS) is 11.5. The molecule has 8 heteroatoms. The van der Waals surface area contributed by atoms with Crippen molar-refractivity contribution in [3.8, 4) is 6.07 Å². The third-order valence-electron chi connectivity index (χ3n) is 3.91. The number of nitrogens with one attached hydrogen (secondary N) is 2. The Labute approximate surface area is 167 Å². The number of benzene rings is 2. The fourth-order valence-electron chi connectivity index (χ4n) is 2.28. The van der Waals surface area contributed by atoms with Gasteiger partial charge in [-0.2, -0.15) is 5.26 Å². The largest absolute Gasteiger partial charge is 0.360 e. The summed E-state index contributed by atoms with van der Waals surface area (Å²) >= 11 is 5.96. The van der Waals surface area contributed by atoms with Crippen LogP contribution < -0.4 is 10.6 Å². The molecule has 144 valence electrons. The maximum Gasteiger partial charge on any atom is 0.271 e. The highest BCUT2D eigenvalue weighted by Gasteiger charge is 2.15. The lowest BCUT2D eigenvalue weighted by Gasteiger charge is -2.19. The highest BCUT2D eigenvalue weighted by atomic mass is 35.5. The summed E-state index contributed by atoms with van der Waals surface area (Å²) in [5.41, 5.74) is 1.50. The van der Waals surface area contributed by atoms with Gasteiger partial charge in [-0.3, -0.25) is 14.9 Å². The number of nitro benzene ring substituents is 1. The molecule has 0 saturated carbocycles. The summed E-state index contributed by atoms with van der Waals surface area (Å²) in [5, 5.41) is 25.6. The Kier molecular flexibility index (Phi) is 6.39. The standard InChI is InChI=1S/C20H19ClN4O3/c1-20(2,3)14-4-6-15(7-5-14)23-12-13(11-22)19(26)24-18-10-16(25(27)28)8-9-17(18)21/h4-10,12,23H,1-3H3,(H,24,26)/b13-12-. The average molecular weight is 399 g/mol. The van der Waals surface area contributed by atoms with E-state index in [-0.39, 0.29) is 27.4 Å². The van der Waals surface area contributed by atoms with Crippen LogP contribution in [0.1, 0.15) is 26.3 Å². The minimum Gasteiger partial charge on any atom is -0.360 e. The van der Waals surface area contributed by atoms with E-state index in [0.29, 0.717) is 5.69 Å². The monoisotopic (exact) mass is 398 g/mol. The Hall–Kier alpha value is -3.37. The van der Waals surface area contributed by atoms with Crippen molar-refractivity contribution in [2.24, 2.45) is 0 Å². The second-order valence-electron chi connectivity index (χ2n) is 7.02. The summed E-state index contributed by atoms with van der Waals surface area (Å²) in [4.78, 5) is 22.6. The van der Waals surface area contributed by atoms with Crippen LogP contribution in [0.25, 0.3) is 0 Å². The number of carbonyl (C=O) groups excluding carboxylic acids is 1. The maximum absolute atomic E-state index is 12.3. The van der Waals surface area contributed by atoms with Crippen molar-refractivity contribution in [3.63, 3.8) is 0 Å². The van der Waals surface area contributed by atoms with Crippen molar-refractivity contribution in [2.75, 3.05) is 10.6 Å². The molecule has 0 saturated heterocycles. The first-order valence-corrected chi connectivity index (χ1v) is 8.72. The number of carbonyl (C=O) groups is 1. The molecule has 0 atom stereocenters. The molecular formula is C20H19ClN4O3. The van der Waals surface area contributed by atoms with Crippen LogP contribution in [0.15, 0.2) is 54.2 Å². The zero-order chi connectivity index (χ0) is 20.9. The van der Waals surface area contributed by atoms with Crippen molar-refractivity contribution >= 4 is 34.6 Å². The number of amides is 1. The van der Waals surface area contributed by atoms with Crippen LogP contribution in [0.4, 0.5) is 17.1 Å². The van der Waals surface area contributed by atoms with E-state index < -0.39 is 10.8 Å². The van der Waals surface area contributed by atoms with Crippen LogP contribution in [-0.2, 0) is 10.2 Å². The van der Waals surface area contributed by atoms with Crippen molar-refractivity contribution in [3.05, 3.63) is 74.9 Å². The van der Waals surface area contributed by atoms with E-state index in [4.69, 9.17) is 11.6 Å². The van der Waals surface area contributed by atoms with Gasteiger partial charge in [0.2, 0.25) is 0 Å². The topological polar surface area (TPSA) is 108 Å². The molecule has 0 radical (unpaired) electrons. The SMILES string of the molecule is CC(C)(C)c1ccc(N/C=C(/C#N)C(=O)Nc2cc([N+](=O)[O-])ccc2Cl)cc1. The van der Waals surface area contributed by atoms with Crippen molar-refractivity contribution in [2.45, 2.75) is 26.2 Å². The summed E-state index contributed by atoms with van der Waals surface area (Å²) in [6.45, 7) is 6.31. The van der Waals surface area contributed by atoms with E-state index >= 15 is 0 Å². The molecule has 0 fully saturated rings. The molecule has 0 spiro atoms. The molecule has 0 aliphatic carbocycles. The van der Waals surface area contributed by atoms with Gasteiger partial charge in [-0.15, -0.1) is 0 Å². The lowest BCUT2D eigenvalue weighted by atomic mass is 9.87. The fraction of sp³-hybridized carbons (Fsp3) is 0.200. The van der Waals surface area contributed by atoms with Crippen LogP contribution in [-0.4, -0.2) is 10.8 Å². The number of nitriles is 1. The lowest BCUT2D eigenvalue weighted by Crippen LogP contribution is -2.15. The van der Waals surface area contributed by atoms with Crippen molar-refractivity contribution in [1.29, 1.82) is 5.26 Å². The van der Waals surface area contributed by atoms with Gasteiger partial charge in [0.05, 0.1) is 15.6 Å². The minimum absolute atomic E-state index is 0.0175.